The van der Waals surface area contributed by atoms with Gasteiger partial charge in [0.15, 0.2) is 0 Å². The summed E-state index contributed by atoms with van der Waals surface area (Å²) in [6.07, 6.45) is 5.71. The summed E-state index contributed by atoms with van der Waals surface area (Å²) < 4.78 is 2.08. The van der Waals surface area contributed by atoms with E-state index in [-0.39, 0.29) is 10.6 Å². The molecule has 0 saturated heterocycles. The molecule has 2 rings (SSSR count). The van der Waals surface area contributed by atoms with Crippen molar-refractivity contribution < 1.29 is 4.92 Å². The van der Waals surface area contributed by atoms with E-state index in [4.69, 9.17) is 0 Å². The Morgan fingerprint density at radius 3 is 2.86 bits per heavy atom. The molecule has 21 heavy (non-hydrogen) atoms. The summed E-state index contributed by atoms with van der Waals surface area (Å²) in [6.45, 7) is 5.36. The molecule has 0 spiro atoms. The van der Waals surface area contributed by atoms with Gasteiger partial charge in [0.05, 0.1) is 4.92 Å². The second-order valence-corrected chi connectivity index (χ2v) is 4.86. The normalized spacial score (nSPS) is 10.6. The van der Waals surface area contributed by atoms with Crippen molar-refractivity contribution in [1.29, 1.82) is 0 Å². The van der Waals surface area contributed by atoms with Crippen LogP contribution < -0.4 is 5.32 Å². The van der Waals surface area contributed by atoms with Gasteiger partial charge in [0.2, 0.25) is 0 Å². The Balaban J connectivity index is 2.26. The number of hydrogen-bond acceptors (Lipinski definition) is 4. The second-order valence-electron chi connectivity index (χ2n) is 4.86. The number of rotatable bonds is 7. The average Bonchev–Trinajstić information content (AvgIpc) is 2.87. The molecule has 1 aromatic heterocycles. The molecule has 1 N–H and O–H groups in total. The van der Waals surface area contributed by atoms with Gasteiger partial charge in [0.25, 0.3) is 5.69 Å². The average molecular weight is 288 g/mol. The van der Waals surface area contributed by atoms with Crippen molar-refractivity contribution in [1.82, 2.24) is 9.55 Å². The number of imidazole rings is 1. The van der Waals surface area contributed by atoms with Crippen molar-refractivity contribution in [3.63, 3.8) is 0 Å². The van der Waals surface area contributed by atoms with Gasteiger partial charge in [-0.3, -0.25) is 10.1 Å². The van der Waals surface area contributed by atoms with Gasteiger partial charge >= 0.3 is 0 Å². The van der Waals surface area contributed by atoms with E-state index in [2.05, 4.69) is 21.8 Å². The lowest BCUT2D eigenvalue weighted by Gasteiger charge is -2.10. The minimum atomic E-state index is -0.360. The maximum atomic E-state index is 11.0. The molecule has 0 fully saturated rings. The number of benzene rings is 1. The molecule has 6 nitrogen and oxygen atoms in total. The van der Waals surface area contributed by atoms with Crippen LogP contribution in [0.5, 0.6) is 0 Å². The van der Waals surface area contributed by atoms with Crippen LogP contribution in [0, 0.1) is 10.1 Å². The largest absolute Gasteiger partial charge is 0.380 e. The van der Waals surface area contributed by atoms with Gasteiger partial charge in [-0.1, -0.05) is 13.0 Å². The number of nitro groups is 1. The zero-order valence-electron chi connectivity index (χ0n) is 12.4. The van der Waals surface area contributed by atoms with E-state index in [0.717, 1.165) is 24.2 Å². The van der Waals surface area contributed by atoms with Crippen molar-refractivity contribution >= 4 is 11.4 Å². The molecule has 1 aromatic carbocycles. The molecule has 0 radical (unpaired) electrons. The molecule has 0 aliphatic carbocycles. The zero-order chi connectivity index (χ0) is 15.2. The topological polar surface area (TPSA) is 73.0 Å². The van der Waals surface area contributed by atoms with Crippen LogP contribution in [-0.2, 0) is 13.0 Å². The lowest BCUT2D eigenvalue weighted by atomic mass is 10.1. The van der Waals surface area contributed by atoms with Gasteiger partial charge in [0, 0.05) is 38.0 Å². The van der Waals surface area contributed by atoms with Crippen molar-refractivity contribution in [3.05, 3.63) is 52.1 Å². The van der Waals surface area contributed by atoms with E-state index < -0.39 is 0 Å². The zero-order valence-corrected chi connectivity index (χ0v) is 12.4. The van der Waals surface area contributed by atoms with E-state index >= 15 is 0 Å². The number of nitro benzene ring substituents is 1. The molecule has 1 heterocycles. The Morgan fingerprint density at radius 2 is 2.19 bits per heavy atom. The molecule has 0 saturated carbocycles. The van der Waals surface area contributed by atoms with E-state index in [9.17, 15) is 10.1 Å². The molecular formula is C15H20N4O2. The van der Waals surface area contributed by atoms with Crippen molar-refractivity contribution in [2.75, 3.05) is 11.9 Å². The molecule has 6 heteroatoms. The lowest BCUT2D eigenvalue weighted by molar-refractivity contribution is -0.384. The molecule has 0 amide bonds. The lowest BCUT2D eigenvalue weighted by Crippen LogP contribution is -2.06. The summed E-state index contributed by atoms with van der Waals surface area (Å²) in [6, 6.07) is 5.20. The third kappa shape index (κ3) is 3.59. The molecule has 0 aliphatic heterocycles. The van der Waals surface area contributed by atoms with Crippen LogP contribution in [0.3, 0.4) is 0 Å². The van der Waals surface area contributed by atoms with Crippen molar-refractivity contribution in [2.24, 2.45) is 0 Å². The van der Waals surface area contributed by atoms with Crippen LogP contribution >= 0.6 is 0 Å². The maximum absolute atomic E-state index is 11.0. The van der Waals surface area contributed by atoms with Crippen LogP contribution in [0.2, 0.25) is 0 Å². The third-order valence-corrected chi connectivity index (χ3v) is 3.25. The van der Waals surface area contributed by atoms with Crippen LogP contribution in [0.1, 0.15) is 31.7 Å². The van der Waals surface area contributed by atoms with E-state index in [1.807, 2.05) is 19.2 Å². The van der Waals surface area contributed by atoms with Gasteiger partial charge in [-0.05, 0) is 25.0 Å². The fourth-order valence-corrected chi connectivity index (χ4v) is 2.31. The van der Waals surface area contributed by atoms with Gasteiger partial charge in [-0.15, -0.1) is 0 Å². The number of hydrogen-bond donors (Lipinski definition) is 1. The highest BCUT2D eigenvalue weighted by Crippen LogP contribution is 2.25. The molecule has 112 valence electrons. The summed E-state index contributed by atoms with van der Waals surface area (Å²) in [4.78, 5) is 15.0. The highest BCUT2D eigenvalue weighted by Gasteiger charge is 2.14. The Morgan fingerprint density at radius 1 is 1.38 bits per heavy atom. The number of aryl methyl sites for hydroxylation is 1. The SMILES string of the molecule is CCCc1nccn1Cc1ccc([N+](=O)[O-])c(NCC)c1. The van der Waals surface area contributed by atoms with Crippen LogP contribution in [0.25, 0.3) is 0 Å². The first-order valence-corrected chi connectivity index (χ1v) is 7.16. The number of nitrogens with one attached hydrogen (secondary N) is 1. The minimum Gasteiger partial charge on any atom is -0.380 e. The van der Waals surface area contributed by atoms with Crippen LogP contribution in [0.4, 0.5) is 11.4 Å². The predicted molar refractivity (Wildman–Crippen MR) is 82.6 cm³/mol. The standard InChI is InChI=1S/C15H20N4O2/c1-3-5-15-17-8-9-18(15)11-12-6-7-14(19(20)21)13(10-12)16-4-2/h6-10,16H,3-5,11H2,1-2H3. The summed E-state index contributed by atoms with van der Waals surface area (Å²) in [7, 11) is 0. The maximum Gasteiger partial charge on any atom is 0.292 e. The third-order valence-electron chi connectivity index (χ3n) is 3.25. The highest BCUT2D eigenvalue weighted by atomic mass is 16.6. The highest BCUT2D eigenvalue weighted by molar-refractivity contribution is 5.62. The molecule has 2 aromatic rings. The second kappa shape index (κ2) is 6.88. The van der Waals surface area contributed by atoms with Crippen LogP contribution in [-0.4, -0.2) is 21.0 Å². The molecule has 0 unspecified atom stereocenters. The number of aromatic nitrogens is 2. The predicted octanol–water partition coefficient (Wildman–Crippen LogP) is 3.22. The molecule has 0 bridgehead atoms. The monoisotopic (exact) mass is 288 g/mol. The summed E-state index contributed by atoms with van der Waals surface area (Å²) in [5, 5.41) is 14.1. The van der Waals surface area contributed by atoms with Gasteiger partial charge in [0.1, 0.15) is 11.5 Å². The minimum absolute atomic E-state index is 0.111. The number of nitrogens with zero attached hydrogens (tertiary/aromatic N) is 3. The first-order valence-electron chi connectivity index (χ1n) is 7.16. The van der Waals surface area contributed by atoms with Gasteiger partial charge in [-0.25, -0.2) is 4.98 Å². The first kappa shape index (κ1) is 15.0. The smallest absolute Gasteiger partial charge is 0.292 e. The molecular weight excluding hydrogens is 268 g/mol. The summed E-state index contributed by atoms with van der Waals surface area (Å²) >= 11 is 0. The van der Waals surface area contributed by atoms with E-state index in [0.29, 0.717) is 18.8 Å². The van der Waals surface area contributed by atoms with Crippen molar-refractivity contribution in [2.45, 2.75) is 33.2 Å². The fraction of sp³-hybridized carbons (Fsp3) is 0.400. The molecule has 0 atom stereocenters. The van der Waals surface area contributed by atoms with Gasteiger partial charge in [-0.2, -0.15) is 0 Å². The Bertz CT molecular complexity index is 622. The Kier molecular flexibility index (Phi) is 4.92. The van der Waals surface area contributed by atoms with Gasteiger partial charge < -0.3 is 9.88 Å². The molecule has 0 aliphatic rings. The number of anilines is 1. The van der Waals surface area contributed by atoms with E-state index in [1.54, 1.807) is 18.3 Å². The fourth-order valence-electron chi connectivity index (χ4n) is 2.31. The quantitative estimate of drug-likeness (QED) is 0.627. The summed E-state index contributed by atoms with van der Waals surface area (Å²) in [5.41, 5.74) is 1.70. The first-order chi connectivity index (χ1) is 10.2. The van der Waals surface area contributed by atoms with Crippen LogP contribution in [0.15, 0.2) is 30.6 Å². The Labute approximate surface area is 124 Å². The van der Waals surface area contributed by atoms with Crippen molar-refractivity contribution in [3.8, 4) is 0 Å². The Hall–Kier alpha value is -2.37. The van der Waals surface area contributed by atoms with E-state index in [1.165, 1.54) is 0 Å². The summed E-state index contributed by atoms with van der Waals surface area (Å²) in [5.74, 6) is 1.04.